The van der Waals surface area contributed by atoms with E-state index >= 15 is 0 Å². The molecule has 2 amide bonds. The van der Waals surface area contributed by atoms with Gasteiger partial charge in [0.1, 0.15) is 0 Å². The maximum absolute atomic E-state index is 12.8. The smallest absolute Gasteiger partial charge is 0.263 e. The number of anilines is 2. The molecule has 2 aliphatic heterocycles. The van der Waals surface area contributed by atoms with Crippen LogP contribution in [0.1, 0.15) is 28.9 Å². The molecule has 1 atom stereocenters. The maximum Gasteiger partial charge on any atom is 0.263 e. The fourth-order valence-corrected chi connectivity index (χ4v) is 6.33. The first-order chi connectivity index (χ1) is 16.2. The lowest BCUT2D eigenvalue weighted by atomic mass is 9.97. The molecule has 5 nitrogen and oxygen atoms in total. The number of piperidine rings is 1. The minimum Gasteiger partial charge on any atom is -0.356 e. The molecule has 1 aromatic heterocycles. The second-order valence-electron chi connectivity index (χ2n) is 8.40. The number of nitrogens with one attached hydrogen (secondary N) is 1. The molecular weight excluding hydrogens is 450 g/mol. The Labute approximate surface area is 202 Å². The van der Waals surface area contributed by atoms with Crippen molar-refractivity contribution in [1.82, 2.24) is 10.2 Å². The minimum absolute atomic E-state index is 0.0443. The van der Waals surface area contributed by atoms with Crippen LogP contribution in [-0.4, -0.2) is 42.9 Å². The molecule has 3 heterocycles. The van der Waals surface area contributed by atoms with Gasteiger partial charge in [0, 0.05) is 36.0 Å². The van der Waals surface area contributed by atoms with Crippen molar-refractivity contribution in [2.75, 3.05) is 31.1 Å². The number of likely N-dealkylation sites (tertiary alicyclic amines) is 1. The number of nitrogens with zero attached hydrogens (tertiary/aromatic N) is 2. The standard InChI is InChI=1S/C26H27N3O2S2/c30-25(19-8-5-15-28(18-19)26(31)24-13-6-17-32-24)27-14-7-16-29-20-9-1-3-11-22(20)33-23-12-4-2-10-21(23)29/h1-4,6,9-13,17,19H,5,7-8,14-16,18H2,(H,27,30). The molecule has 0 bridgehead atoms. The Kier molecular flexibility index (Phi) is 6.69. The summed E-state index contributed by atoms with van der Waals surface area (Å²) < 4.78 is 0. The first-order valence-electron chi connectivity index (χ1n) is 11.4. The highest BCUT2D eigenvalue weighted by atomic mass is 32.2. The third-order valence-electron chi connectivity index (χ3n) is 6.20. The van der Waals surface area contributed by atoms with Crippen LogP contribution in [0.2, 0.25) is 0 Å². The van der Waals surface area contributed by atoms with Crippen molar-refractivity contribution in [3.8, 4) is 0 Å². The van der Waals surface area contributed by atoms with Crippen LogP contribution in [0, 0.1) is 5.92 Å². The van der Waals surface area contributed by atoms with Crippen LogP contribution in [0.25, 0.3) is 0 Å². The molecule has 2 aromatic carbocycles. The minimum atomic E-state index is -0.129. The normalized spacial score (nSPS) is 17.3. The second kappa shape index (κ2) is 10.0. The lowest BCUT2D eigenvalue weighted by Crippen LogP contribution is -2.45. The summed E-state index contributed by atoms with van der Waals surface area (Å²) in [6, 6.07) is 20.7. The monoisotopic (exact) mass is 477 g/mol. The molecule has 5 rings (SSSR count). The number of benzene rings is 2. The number of amides is 2. The highest BCUT2D eigenvalue weighted by molar-refractivity contribution is 7.99. The summed E-state index contributed by atoms with van der Waals surface area (Å²) in [7, 11) is 0. The van der Waals surface area contributed by atoms with Gasteiger partial charge in [-0.05, 0) is 55.0 Å². The zero-order valence-corrected chi connectivity index (χ0v) is 20.0. The molecule has 1 saturated heterocycles. The Balaban J connectivity index is 1.16. The highest BCUT2D eigenvalue weighted by Crippen LogP contribution is 2.47. The molecule has 3 aromatic rings. The van der Waals surface area contributed by atoms with Crippen LogP contribution >= 0.6 is 23.1 Å². The lowest BCUT2D eigenvalue weighted by Gasteiger charge is -2.33. The van der Waals surface area contributed by atoms with Crippen LogP contribution in [0.5, 0.6) is 0 Å². The van der Waals surface area contributed by atoms with E-state index in [9.17, 15) is 9.59 Å². The zero-order valence-electron chi connectivity index (χ0n) is 18.4. The Morgan fingerprint density at radius 3 is 2.39 bits per heavy atom. The van der Waals surface area contributed by atoms with E-state index in [1.54, 1.807) is 0 Å². The molecule has 1 N–H and O–H groups in total. The van der Waals surface area contributed by atoms with Crippen molar-refractivity contribution in [2.45, 2.75) is 29.1 Å². The molecule has 0 radical (unpaired) electrons. The summed E-state index contributed by atoms with van der Waals surface area (Å²) in [6.07, 6.45) is 2.56. The van der Waals surface area contributed by atoms with E-state index in [4.69, 9.17) is 0 Å². The van der Waals surface area contributed by atoms with Crippen LogP contribution < -0.4 is 10.2 Å². The average Bonchev–Trinajstić information content (AvgIpc) is 3.40. The second-order valence-corrected chi connectivity index (χ2v) is 10.4. The van der Waals surface area contributed by atoms with Crippen molar-refractivity contribution >= 4 is 46.3 Å². The van der Waals surface area contributed by atoms with Crippen molar-refractivity contribution in [3.05, 3.63) is 70.9 Å². The number of thiophene rings is 1. The van der Waals surface area contributed by atoms with Crippen molar-refractivity contribution in [1.29, 1.82) is 0 Å². The van der Waals surface area contributed by atoms with E-state index in [1.165, 1.54) is 32.5 Å². The van der Waals surface area contributed by atoms with E-state index < -0.39 is 0 Å². The fraction of sp³-hybridized carbons (Fsp3) is 0.308. The molecule has 7 heteroatoms. The largest absolute Gasteiger partial charge is 0.356 e. The Bertz CT molecular complexity index is 1090. The van der Waals surface area contributed by atoms with Gasteiger partial charge in [0.15, 0.2) is 0 Å². The summed E-state index contributed by atoms with van der Waals surface area (Å²) in [4.78, 5) is 33.0. The van der Waals surface area contributed by atoms with E-state index in [0.29, 0.717) is 13.1 Å². The molecule has 170 valence electrons. The SMILES string of the molecule is O=C(NCCCN1c2ccccc2Sc2ccccc21)C1CCCN(C(=O)c2cccs2)C1. The predicted octanol–water partition coefficient (Wildman–Crippen LogP) is 5.41. The van der Waals surface area contributed by atoms with Gasteiger partial charge in [-0.25, -0.2) is 0 Å². The van der Waals surface area contributed by atoms with Gasteiger partial charge in [-0.15, -0.1) is 11.3 Å². The maximum atomic E-state index is 12.8. The van der Waals surface area contributed by atoms with Crippen LogP contribution in [0.4, 0.5) is 11.4 Å². The molecule has 0 saturated carbocycles. The summed E-state index contributed by atoms with van der Waals surface area (Å²) in [6.45, 7) is 2.70. The number of carbonyl (C=O) groups is 2. The van der Waals surface area contributed by atoms with E-state index in [-0.39, 0.29) is 17.7 Å². The van der Waals surface area contributed by atoms with Crippen molar-refractivity contribution in [2.24, 2.45) is 5.92 Å². The molecule has 33 heavy (non-hydrogen) atoms. The Morgan fingerprint density at radius 2 is 1.70 bits per heavy atom. The van der Waals surface area contributed by atoms with Gasteiger partial charge in [-0.3, -0.25) is 9.59 Å². The number of fused-ring (bicyclic) bond motifs is 2. The van der Waals surface area contributed by atoms with Crippen LogP contribution in [0.3, 0.4) is 0 Å². The lowest BCUT2D eigenvalue weighted by molar-refractivity contribution is -0.126. The Hall–Kier alpha value is -2.77. The molecule has 0 aliphatic carbocycles. The number of rotatable bonds is 6. The van der Waals surface area contributed by atoms with Crippen LogP contribution in [-0.2, 0) is 4.79 Å². The third-order valence-corrected chi connectivity index (χ3v) is 8.19. The number of hydrogen-bond acceptors (Lipinski definition) is 5. The van der Waals surface area contributed by atoms with Gasteiger partial charge in [0.25, 0.3) is 5.91 Å². The van der Waals surface area contributed by atoms with Crippen molar-refractivity contribution < 1.29 is 9.59 Å². The third kappa shape index (κ3) is 4.80. The van der Waals surface area contributed by atoms with Crippen molar-refractivity contribution in [3.63, 3.8) is 0 Å². The summed E-state index contributed by atoms with van der Waals surface area (Å²) in [5, 5.41) is 5.04. The molecule has 0 spiro atoms. The summed E-state index contributed by atoms with van der Waals surface area (Å²) in [5.41, 5.74) is 2.45. The summed E-state index contributed by atoms with van der Waals surface area (Å²) >= 11 is 3.26. The summed E-state index contributed by atoms with van der Waals surface area (Å²) in [5.74, 6) is -0.0213. The number of carbonyl (C=O) groups excluding carboxylic acids is 2. The Morgan fingerprint density at radius 1 is 0.970 bits per heavy atom. The van der Waals surface area contributed by atoms with Gasteiger partial charge in [0.2, 0.25) is 5.91 Å². The van der Waals surface area contributed by atoms with Gasteiger partial charge < -0.3 is 15.1 Å². The first-order valence-corrected chi connectivity index (χ1v) is 13.1. The molecular formula is C26H27N3O2S2. The predicted molar refractivity (Wildman–Crippen MR) is 135 cm³/mol. The van der Waals surface area contributed by atoms with E-state index in [1.807, 2.05) is 34.2 Å². The van der Waals surface area contributed by atoms with E-state index in [0.717, 1.165) is 37.2 Å². The number of para-hydroxylation sites is 2. The molecule has 1 fully saturated rings. The molecule has 2 aliphatic rings. The quantitative estimate of drug-likeness (QED) is 0.483. The van der Waals surface area contributed by atoms with Gasteiger partial charge in [-0.1, -0.05) is 42.1 Å². The first kappa shape index (κ1) is 22.0. The van der Waals surface area contributed by atoms with Gasteiger partial charge in [0.05, 0.1) is 22.2 Å². The van der Waals surface area contributed by atoms with Crippen LogP contribution in [0.15, 0.2) is 75.8 Å². The zero-order chi connectivity index (χ0) is 22.6. The van der Waals surface area contributed by atoms with Gasteiger partial charge >= 0.3 is 0 Å². The fourth-order valence-electron chi connectivity index (χ4n) is 4.55. The van der Waals surface area contributed by atoms with Gasteiger partial charge in [-0.2, -0.15) is 0 Å². The topological polar surface area (TPSA) is 52.7 Å². The average molecular weight is 478 g/mol. The molecule has 1 unspecified atom stereocenters. The van der Waals surface area contributed by atoms with E-state index in [2.05, 4.69) is 58.7 Å². The highest BCUT2D eigenvalue weighted by Gasteiger charge is 2.29. The number of hydrogen-bond donors (Lipinski definition) is 1.